The Morgan fingerprint density at radius 1 is 1.09 bits per heavy atom. The Morgan fingerprint density at radius 2 is 1.73 bits per heavy atom. The molecular weight excluding hydrogens is 288 g/mol. The maximum atomic E-state index is 11.5. The SMILES string of the molecule is CCCCNC(=O)OC(C)C(N)CNC(=O)OC(C)NCC. The first-order chi connectivity index (χ1) is 10.4. The van der Waals surface area contributed by atoms with E-state index in [1.165, 1.54) is 0 Å². The molecule has 0 aliphatic carbocycles. The largest absolute Gasteiger partial charge is 0.445 e. The molecule has 0 heterocycles. The van der Waals surface area contributed by atoms with Crippen LogP contribution in [0, 0.1) is 0 Å². The highest BCUT2D eigenvalue weighted by atomic mass is 16.6. The van der Waals surface area contributed by atoms with Gasteiger partial charge >= 0.3 is 12.2 Å². The molecule has 0 fully saturated rings. The normalized spacial score (nSPS) is 14.6. The predicted molar refractivity (Wildman–Crippen MR) is 84.5 cm³/mol. The topological polar surface area (TPSA) is 115 Å². The van der Waals surface area contributed by atoms with E-state index in [0.29, 0.717) is 13.1 Å². The third kappa shape index (κ3) is 10.2. The maximum Gasteiger partial charge on any atom is 0.408 e. The van der Waals surface area contributed by atoms with Crippen molar-refractivity contribution < 1.29 is 19.1 Å². The van der Waals surface area contributed by atoms with Crippen LogP contribution in [0.15, 0.2) is 0 Å². The van der Waals surface area contributed by atoms with Crippen LogP contribution in [0.4, 0.5) is 9.59 Å². The van der Waals surface area contributed by atoms with Gasteiger partial charge in [-0.25, -0.2) is 9.59 Å². The number of carbonyl (C=O) groups excluding carboxylic acids is 2. The van der Waals surface area contributed by atoms with Crippen LogP contribution in [0.25, 0.3) is 0 Å². The van der Waals surface area contributed by atoms with Gasteiger partial charge in [0.2, 0.25) is 0 Å². The molecule has 2 amide bonds. The third-order valence-corrected chi connectivity index (χ3v) is 2.95. The molecule has 8 nitrogen and oxygen atoms in total. The third-order valence-electron chi connectivity index (χ3n) is 2.95. The molecule has 8 heteroatoms. The van der Waals surface area contributed by atoms with E-state index in [2.05, 4.69) is 16.0 Å². The van der Waals surface area contributed by atoms with E-state index in [4.69, 9.17) is 15.2 Å². The first-order valence-electron chi connectivity index (χ1n) is 7.78. The standard InChI is InChI=1S/C14H30N4O4/c1-5-7-8-17-13(19)21-10(3)12(15)9-18-14(20)22-11(4)16-6-2/h10-12,16H,5-9,15H2,1-4H3,(H,17,19)(H,18,20). The Hall–Kier alpha value is -1.54. The molecule has 0 spiro atoms. The maximum absolute atomic E-state index is 11.5. The van der Waals surface area contributed by atoms with Crippen molar-refractivity contribution in [2.75, 3.05) is 19.6 Å². The Kier molecular flexibility index (Phi) is 11.2. The average molecular weight is 318 g/mol. The number of unbranched alkanes of at least 4 members (excludes halogenated alkanes) is 1. The summed E-state index contributed by atoms with van der Waals surface area (Å²) in [5.74, 6) is 0. The van der Waals surface area contributed by atoms with Crippen molar-refractivity contribution >= 4 is 12.2 Å². The van der Waals surface area contributed by atoms with Gasteiger partial charge in [-0.1, -0.05) is 20.3 Å². The number of nitrogens with one attached hydrogen (secondary N) is 3. The Morgan fingerprint density at radius 3 is 2.32 bits per heavy atom. The summed E-state index contributed by atoms with van der Waals surface area (Å²) >= 11 is 0. The van der Waals surface area contributed by atoms with E-state index >= 15 is 0 Å². The van der Waals surface area contributed by atoms with Crippen LogP contribution < -0.4 is 21.7 Å². The summed E-state index contributed by atoms with van der Waals surface area (Å²) in [6.45, 7) is 8.79. The van der Waals surface area contributed by atoms with E-state index in [0.717, 1.165) is 12.8 Å². The van der Waals surface area contributed by atoms with Crippen LogP contribution in [0.3, 0.4) is 0 Å². The summed E-state index contributed by atoms with van der Waals surface area (Å²) < 4.78 is 10.2. The van der Waals surface area contributed by atoms with E-state index in [-0.39, 0.29) is 12.8 Å². The monoisotopic (exact) mass is 318 g/mol. The predicted octanol–water partition coefficient (Wildman–Crippen LogP) is 0.910. The molecule has 0 saturated heterocycles. The molecule has 5 N–H and O–H groups in total. The van der Waals surface area contributed by atoms with Gasteiger partial charge in [0.05, 0.1) is 6.04 Å². The van der Waals surface area contributed by atoms with Gasteiger partial charge < -0.3 is 25.8 Å². The lowest BCUT2D eigenvalue weighted by Crippen LogP contribution is -2.47. The Bertz CT molecular complexity index is 328. The van der Waals surface area contributed by atoms with Crippen LogP contribution >= 0.6 is 0 Å². The summed E-state index contributed by atoms with van der Waals surface area (Å²) in [7, 11) is 0. The lowest BCUT2D eigenvalue weighted by atomic mass is 10.2. The second kappa shape index (κ2) is 12.0. The van der Waals surface area contributed by atoms with Crippen molar-refractivity contribution in [3.8, 4) is 0 Å². The van der Waals surface area contributed by atoms with E-state index in [1.54, 1.807) is 13.8 Å². The fraction of sp³-hybridized carbons (Fsp3) is 0.857. The van der Waals surface area contributed by atoms with Gasteiger partial charge in [-0.2, -0.15) is 0 Å². The van der Waals surface area contributed by atoms with Crippen molar-refractivity contribution in [1.82, 2.24) is 16.0 Å². The summed E-state index contributed by atoms with van der Waals surface area (Å²) in [6.07, 6.45) is -0.0739. The minimum Gasteiger partial charge on any atom is -0.445 e. The van der Waals surface area contributed by atoms with Gasteiger partial charge in [0.1, 0.15) is 6.10 Å². The highest BCUT2D eigenvalue weighted by Crippen LogP contribution is 1.97. The zero-order valence-corrected chi connectivity index (χ0v) is 14.0. The van der Waals surface area contributed by atoms with Crippen molar-refractivity contribution in [2.24, 2.45) is 5.73 Å². The molecule has 0 radical (unpaired) electrons. The summed E-state index contributed by atoms with van der Waals surface area (Å²) in [5.41, 5.74) is 5.87. The van der Waals surface area contributed by atoms with Gasteiger partial charge in [0.25, 0.3) is 0 Å². The number of hydrogen-bond acceptors (Lipinski definition) is 6. The molecule has 22 heavy (non-hydrogen) atoms. The molecule has 130 valence electrons. The molecule has 0 rings (SSSR count). The van der Waals surface area contributed by atoms with E-state index < -0.39 is 24.3 Å². The smallest absolute Gasteiger partial charge is 0.408 e. The zero-order valence-electron chi connectivity index (χ0n) is 14.0. The number of nitrogens with two attached hydrogens (primary N) is 1. The number of hydrogen-bond donors (Lipinski definition) is 4. The summed E-state index contributed by atoms with van der Waals surface area (Å²) in [5, 5.41) is 8.12. The number of amides is 2. The molecule has 0 aliphatic heterocycles. The van der Waals surface area contributed by atoms with Crippen LogP contribution in [-0.4, -0.2) is 50.2 Å². The van der Waals surface area contributed by atoms with E-state index in [1.807, 2.05) is 13.8 Å². The molecule has 0 aromatic heterocycles. The molecule has 0 aliphatic rings. The second-order valence-corrected chi connectivity index (χ2v) is 5.04. The van der Waals surface area contributed by atoms with Gasteiger partial charge in [0, 0.05) is 13.1 Å². The molecule has 0 saturated carbocycles. The van der Waals surface area contributed by atoms with Gasteiger partial charge in [0.15, 0.2) is 6.23 Å². The van der Waals surface area contributed by atoms with Crippen molar-refractivity contribution in [1.29, 1.82) is 0 Å². The summed E-state index contributed by atoms with van der Waals surface area (Å²) in [4.78, 5) is 23.0. The van der Waals surface area contributed by atoms with Crippen molar-refractivity contribution in [3.63, 3.8) is 0 Å². The Balaban J connectivity index is 3.92. The molecular formula is C14H30N4O4. The molecule has 3 unspecified atom stereocenters. The lowest BCUT2D eigenvalue weighted by molar-refractivity contribution is 0.0811. The molecule has 3 atom stereocenters. The van der Waals surface area contributed by atoms with Crippen LogP contribution in [-0.2, 0) is 9.47 Å². The lowest BCUT2D eigenvalue weighted by Gasteiger charge is -2.21. The minimum absolute atomic E-state index is 0.154. The van der Waals surface area contributed by atoms with Gasteiger partial charge in [-0.05, 0) is 26.8 Å². The molecule has 0 bridgehead atoms. The first-order valence-corrected chi connectivity index (χ1v) is 7.78. The Labute approximate surface area is 132 Å². The van der Waals surface area contributed by atoms with Gasteiger partial charge in [-0.3, -0.25) is 5.32 Å². The highest BCUT2D eigenvalue weighted by molar-refractivity contribution is 5.68. The first kappa shape index (κ1) is 20.5. The number of rotatable bonds is 10. The molecule has 0 aromatic carbocycles. The van der Waals surface area contributed by atoms with Crippen molar-refractivity contribution in [2.45, 2.75) is 58.9 Å². The number of carbonyl (C=O) groups is 2. The highest BCUT2D eigenvalue weighted by Gasteiger charge is 2.18. The molecule has 0 aromatic rings. The fourth-order valence-electron chi connectivity index (χ4n) is 1.56. The zero-order chi connectivity index (χ0) is 17.0. The quantitative estimate of drug-likeness (QED) is 0.351. The number of ether oxygens (including phenoxy) is 2. The second-order valence-electron chi connectivity index (χ2n) is 5.04. The fourth-order valence-corrected chi connectivity index (χ4v) is 1.56. The van der Waals surface area contributed by atoms with Crippen LogP contribution in [0.1, 0.15) is 40.5 Å². The van der Waals surface area contributed by atoms with Crippen LogP contribution in [0.5, 0.6) is 0 Å². The van der Waals surface area contributed by atoms with E-state index in [9.17, 15) is 9.59 Å². The minimum atomic E-state index is -0.566. The van der Waals surface area contributed by atoms with Crippen molar-refractivity contribution in [3.05, 3.63) is 0 Å². The van der Waals surface area contributed by atoms with Crippen LogP contribution in [0.2, 0.25) is 0 Å². The average Bonchev–Trinajstić information content (AvgIpc) is 2.45. The summed E-state index contributed by atoms with van der Waals surface area (Å²) in [6, 6.07) is -0.515. The number of alkyl carbamates (subject to hydrolysis) is 2. The van der Waals surface area contributed by atoms with Gasteiger partial charge in [-0.15, -0.1) is 0 Å².